The largest absolute Gasteiger partial charge is 0.493 e. The minimum atomic E-state index is -0.448. The van der Waals surface area contributed by atoms with E-state index in [1.165, 1.54) is 47.5 Å². The highest BCUT2D eigenvalue weighted by Crippen LogP contribution is 2.40. The average molecular weight is 424 g/mol. The zero-order chi connectivity index (χ0) is 21.4. The van der Waals surface area contributed by atoms with Crippen molar-refractivity contribution in [3.05, 3.63) is 72.1 Å². The van der Waals surface area contributed by atoms with Crippen LogP contribution < -0.4 is 4.74 Å². The molecule has 1 aromatic heterocycles. The van der Waals surface area contributed by atoms with Crippen LogP contribution in [0, 0.1) is 17.6 Å². The van der Waals surface area contributed by atoms with Crippen LogP contribution in [-0.4, -0.2) is 44.5 Å². The fourth-order valence-electron chi connectivity index (χ4n) is 4.83. The second kappa shape index (κ2) is 8.09. The highest BCUT2D eigenvalue weighted by atomic mass is 19.1. The maximum Gasteiger partial charge on any atom is 0.256 e. The van der Waals surface area contributed by atoms with Crippen molar-refractivity contribution in [2.45, 2.75) is 37.8 Å². The van der Waals surface area contributed by atoms with Crippen LogP contribution in [0.15, 0.2) is 54.9 Å². The quantitative estimate of drug-likeness (QED) is 0.621. The van der Waals surface area contributed by atoms with Gasteiger partial charge in [-0.1, -0.05) is 0 Å². The van der Waals surface area contributed by atoms with Crippen molar-refractivity contribution in [3.63, 3.8) is 0 Å². The van der Waals surface area contributed by atoms with E-state index in [1.807, 2.05) is 4.90 Å². The summed E-state index contributed by atoms with van der Waals surface area (Å²) in [5, 5.41) is 8.15. The molecular weight excluding hydrogens is 402 g/mol. The van der Waals surface area contributed by atoms with Crippen molar-refractivity contribution in [2.24, 2.45) is 5.92 Å². The molecule has 160 valence electrons. The van der Waals surface area contributed by atoms with Gasteiger partial charge in [-0.3, -0.25) is 4.79 Å². The summed E-state index contributed by atoms with van der Waals surface area (Å²) in [6.45, 7) is 0.462. The molecule has 0 saturated carbocycles. The number of carbonyl (C=O) groups is 1. The number of piperidine rings is 1. The Bertz CT molecular complexity index is 1070. The normalized spacial score (nSPS) is 22.5. The van der Waals surface area contributed by atoms with Gasteiger partial charge in [0.05, 0.1) is 24.6 Å². The predicted molar refractivity (Wildman–Crippen MR) is 109 cm³/mol. The van der Waals surface area contributed by atoms with E-state index in [9.17, 15) is 13.6 Å². The number of halogens is 2. The summed E-state index contributed by atoms with van der Waals surface area (Å²) in [7, 11) is 0. The summed E-state index contributed by atoms with van der Waals surface area (Å²) in [4.78, 5) is 16.8. The van der Waals surface area contributed by atoms with E-state index in [4.69, 9.17) is 4.74 Å². The molecule has 3 heterocycles. The molecule has 2 bridgehead atoms. The number of nitrogens with zero attached hydrogens (tertiary/aromatic N) is 4. The SMILES string of the molecule is O=C(c1ccc(F)cc1-n1nccn1)N1C2CCC1[C@@H](COc1ccc(F)cc1)CC2. The second-order valence-corrected chi connectivity index (χ2v) is 8.09. The lowest BCUT2D eigenvalue weighted by molar-refractivity contribution is 0.0406. The first kappa shape index (κ1) is 19.7. The number of amides is 1. The van der Waals surface area contributed by atoms with E-state index >= 15 is 0 Å². The minimum absolute atomic E-state index is 0.0511. The molecule has 3 atom stereocenters. The third-order valence-corrected chi connectivity index (χ3v) is 6.30. The molecule has 2 aliphatic heterocycles. The van der Waals surface area contributed by atoms with Gasteiger partial charge >= 0.3 is 0 Å². The molecule has 2 aliphatic rings. The topological polar surface area (TPSA) is 60.2 Å². The van der Waals surface area contributed by atoms with Crippen molar-refractivity contribution >= 4 is 5.91 Å². The lowest BCUT2D eigenvalue weighted by atomic mass is 9.90. The molecule has 0 aliphatic carbocycles. The van der Waals surface area contributed by atoms with Crippen LogP contribution in [0.3, 0.4) is 0 Å². The van der Waals surface area contributed by atoms with Crippen molar-refractivity contribution in [1.82, 2.24) is 19.9 Å². The van der Waals surface area contributed by atoms with Gasteiger partial charge in [0, 0.05) is 24.1 Å². The van der Waals surface area contributed by atoms with Crippen LogP contribution >= 0.6 is 0 Å². The second-order valence-electron chi connectivity index (χ2n) is 8.09. The summed E-state index contributed by atoms with van der Waals surface area (Å²) in [5.41, 5.74) is 0.716. The fourth-order valence-corrected chi connectivity index (χ4v) is 4.83. The Kier molecular flexibility index (Phi) is 5.13. The van der Waals surface area contributed by atoms with Crippen molar-refractivity contribution in [3.8, 4) is 11.4 Å². The number of benzene rings is 2. The molecule has 1 amide bonds. The molecule has 5 rings (SSSR count). The van der Waals surface area contributed by atoms with Gasteiger partial charge < -0.3 is 9.64 Å². The Balaban J connectivity index is 1.38. The van der Waals surface area contributed by atoms with Crippen LogP contribution in [0.5, 0.6) is 5.75 Å². The molecule has 2 fully saturated rings. The molecule has 0 radical (unpaired) electrons. The summed E-state index contributed by atoms with van der Waals surface area (Å²) in [6, 6.07) is 10.3. The Hall–Kier alpha value is -3.29. The van der Waals surface area contributed by atoms with E-state index in [1.54, 1.807) is 12.1 Å². The fraction of sp³-hybridized carbons (Fsp3) is 0.348. The Labute approximate surface area is 178 Å². The lowest BCUT2D eigenvalue weighted by Gasteiger charge is -2.40. The molecular formula is C23H22F2N4O2. The molecule has 2 unspecified atom stereocenters. The summed E-state index contributed by atoms with van der Waals surface area (Å²) in [5.74, 6) is -0.0889. The van der Waals surface area contributed by atoms with Gasteiger partial charge in [-0.15, -0.1) is 0 Å². The summed E-state index contributed by atoms with van der Waals surface area (Å²) < 4.78 is 33.0. The molecule has 0 spiro atoms. The number of rotatable bonds is 5. The van der Waals surface area contributed by atoms with Gasteiger partial charge in [0.15, 0.2) is 0 Å². The Morgan fingerprint density at radius 1 is 0.968 bits per heavy atom. The predicted octanol–water partition coefficient (Wildman–Crippen LogP) is 4.01. The van der Waals surface area contributed by atoms with Crippen LogP contribution in [0.25, 0.3) is 5.69 Å². The summed E-state index contributed by atoms with van der Waals surface area (Å²) in [6.07, 6.45) is 6.71. The molecule has 2 aromatic carbocycles. The van der Waals surface area contributed by atoms with E-state index in [0.29, 0.717) is 23.6 Å². The zero-order valence-corrected chi connectivity index (χ0v) is 16.8. The minimum Gasteiger partial charge on any atom is -0.493 e. The Morgan fingerprint density at radius 2 is 1.68 bits per heavy atom. The average Bonchev–Trinajstić information content (AvgIpc) is 3.41. The van der Waals surface area contributed by atoms with Gasteiger partial charge in [-0.2, -0.15) is 15.0 Å². The maximum absolute atomic E-state index is 13.9. The lowest BCUT2D eigenvalue weighted by Crippen LogP contribution is -2.49. The van der Waals surface area contributed by atoms with Gasteiger partial charge in [0.1, 0.15) is 23.1 Å². The standard InChI is InChI=1S/C23H22F2N4O2/c24-16-2-7-19(8-3-16)31-14-15-1-5-18-6-10-21(15)28(18)23(30)20-9-4-17(25)13-22(20)29-26-11-12-27-29/h2-4,7-9,11-13,15,18,21H,1,5-6,10,14H2/t15-,18?,21?/m1/s1. The van der Waals surface area contributed by atoms with Crippen molar-refractivity contribution in [2.75, 3.05) is 6.61 Å². The monoisotopic (exact) mass is 424 g/mol. The van der Waals surface area contributed by atoms with Crippen LogP contribution in [-0.2, 0) is 0 Å². The first-order valence-electron chi connectivity index (χ1n) is 10.5. The molecule has 0 N–H and O–H groups in total. The van der Waals surface area contributed by atoms with Crippen LogP contribution in [0.2, 0.25) is 0 Å². The Morgan fingerprint density at radius 3 is 2.45 bits per heavy atom. The molecule has 3 aromatic rings. The maximum atomic E-state index is 13.9. The third kappa shape index (κ3) is 3.78. The number of hydrogen-bond acceptors (Lipinski definition) is 4. The molecule has 8 heteroatoms. The highest BCUT2D eigenvalue weighted by Gasteiger charge is 2.45. The summed E-state index contributed by atoms with van der Waals surface area (Å²) >= 11 is 0. The van der Waals surface area contributed by atoms with Gasteiger partial charge in [0.2, 0.25) is 0 Å². The smallest absolute Gasteiger partial charge is 0.256 e. The first-order chi connectivity index (χ1) is 15.1. The zero-order valence-electron chi connectivity index (χ0n) is 16.8. The van der Waals surface area contributed by atoms with Crippen LogP contribution in [0.4, 0.5) is 8.78 Å². The number of hydrogen-bond donors (Lipinski definition) is 0. The number of fused-ring (bicyclic) bond motifs is 2. The van der Waals surface area contributed by atoms with E-state index in [-0.39, 0.29) is 29.7 Å². The van der Waals surface area contributed by atoms with Crippen molar-refractivity contribution in [1.29, 1.82) is 0 Å². The number of carbonyl (C=O) groups excluding carboxylic acids is 1. The third-order valence-electron chi connectivity index (χ3n) is 6.30. The molecule has 2 saturated heterocycles. The number of ether oxygens (including phenoxy) is 1. The van der Waals surface area contributed by atoms with E-state index < -0.39 is 5.82 Å². The first-order valence-corrected chi connectivity index (χ1v) is 10.5. The molecule has 31 heavy (non-hydrogen) atoms. The van der Waals surface area contributed by atoms with E-state index in [2.05, 4.69) is 10.2 Å². The number of aromatic nitrogens is 3. The van der Waals surface area contributed by atoms with Gasteiger partial charge in [0.25, 0.3) is 5.91 Å². The highest BCUT2D eigenvalue weighted by molar-refractivity contribution is 5.98. The van der Waals surface area contributed by atoms with E-state index in [0.717, 1.165) is 25.7 Å². The van der Waals surface area contributed by atoms with Gasteiger partial charge in [-0.25, -0.2) is 8.78 Å². The molecule has 6 nitrogen and oxygen atoms in total. The van der Waals surface area contributed by atoms with Crippen LogP contribution in [0.1, 0.15) is 36.0 Å². The van der Waals surface area contributed by atoms with Crippen molar-refractivity contribution < 1.29 is 18.3 Å². The van der Waals surface area contributed by atoms with Gasteiger partial charge in [-0.05, 0) is 62.1 Å².